The molecule has 0 bridgehead atoms. The van der Waals surface area contributed by atoms with Gasteiger partial charge in [0.25, 0.3) is 5.91 Å². The lowest BCUT2D eigenvalue weighted by Crippen LogP contribution is -2.45. The van der Waals surface area contributed by atoms with Crippen molar-refractivity contribution in [1.29, 1.82) is 0 Å². The summed E-state index contributed by atoms with van der Waals surface area (Å²) < 4.78 is 0. The van der Waals surface area contributed by atoms with Crippen LogP contribution in [-0.4, -0.2) is 41.8 Å². The Morgan fingerprint density at radius 1 is 1.19 bits per heavy atom. The first-order valence-electron chi connectivity index (χ1n) is 7.13. The van der Waals surface area contributed by atoms with Gasteiger partial charge in [-0.2, -0.15) is 0 Å². The first kappa shape index (κ1) is 13.6. The number of fused-ring (bicyclic) bond motifs is 1. The smallest absolute Gasteiger partial charge is 0.254 e. The number of rotatable bonds is 2. The molecule has 2 N–H and O–H groups in total. The van der Waals surface area contributed by atoms with Crippen molar-refractivity contribution in [3.05, 3.63) is 29.8 Å². The van der Waals surface area contributed by atoms with E-state index in [0.717, 1.165) is 25.9 Å². The van der Waals surface area contributed by atoms with Crippen LogP contribution in [-0.2, 0) is 9.59 Å². The molecule has 0 saturated carbocycles. The SMILES string of the molecule is O=C1N[C@@H](CC(=O)N2CCCC2)C(=O)Nc2ccccc21. The van der Waals surface area contributed by atoms with Crippen LogP contribution in [0.25, 0.3) is 0 Å². The predicted octanol–water partition coefficient (Wildman–Crippen LogP) is 0.750. The van der Waals surface area contributed by atoms with Crippen LogP contribution in [0.5, 0.6) is 0 Å². The lowest BCUT2D eigenvalue weighted by molar-refractivity contribution is -0.132. The van der Waals surface area contributed by atoms with Gasteiger partial charge in [0.1, 0.15) is 6.04 Å². The van der Waals surface area contributed by atoms with Gasteiger partial charge in [-0.1, -0.05) is 12.1 Å². The summed E-state index contributed by atoms with van der Waals surface area (Å²) in [6, 6.07) is 5.99. The Balaban J connectivity index is 1.74. The molecule has 0 aromatic heterocycles. The molecule has 110 valence electrons. The van der Waals surface area contributed by atoms with Crippen LogP contribution in [0, 0.1) is 0 Å². The summed E-state index contributed by atoms with van der Waals surface area (Å²) in [6.07, 6.45) is 2.01. The van der Waals surface area contributed by atoms with Crippen LogP contribution in [0.1, 0.15) is 29.6 Å². The van der Waals surface area contributed by atoms with Gasteiger partial charge in [-0.25, -0.2) is 0 Å². The Morgan fingerprint density at radius 3 is 2.67 bits per heavy atom. The van der Waals surface area contributed by atoms with Crippen LogP contribution >= 0.6 is 0 Å². The molecule has 0 unspecified atom stereocenters. The number of benzene rings is 1. The molecule has 1 atom stereocenters. The van der Waals surface area contributed by atoms with Gasteiger partial charge in [0.05, 0.1) is 17.7 Å². The third-order valence-electron chi connectivity index (χ3n) is 3.89. The third kappa shape index (κ3) is 2.74. The summed E-state index contributed by atoms with van der Waals surface area (Å²) in [5.74, 6) is -0.761. The lowest BCUT2D eigenvalue weighted by Gasteiger charge is -2.19. The van der Waals surface area contributed by atoms with Crippen LogP contribution in [0.3, 0.4) is 0 Å². The van der Waals surface area contributed by atoms with Crippen molar-refractivity contribution < 1.29 is 14.4 Å². The van der Waals surface area contributed by atoms with Crippen molar-refractivity contribution >= 4 is 23.4 Å². The van der Waals surface area contributed by atoms with E-state index in [1.54, 1.807) is 29.2 Å². The maximum absolute atomic E-state index is 12.2. The quantitative estimate of drug-likeness (QED) is 0.842. The number of hydrogen-bond donors (Lipinski definition) is 2. The highest BCUT2D eigenvalue weighted by atomic mass is 16.2. The predicted molar refractivity (Wildman–Crippen MR) is 76.8 cm³/mol. The van der Waals surface area contributed by atoms with E-state index in [-0.39, 0.29) is 24.1 Å². The third-order valence-corrected chi connectivity index (χ3v) is 3.89. The first-order valence-corrected chi connectivity index (χ1v) is 7.13. The molecule has 2 aliphatic heterocycles. The number of carbonyl (C=O) groups excluding carboxylic acids is 3. The fourth-order valence-corrected chi connectivity index (χ4v) is 2.73. The van der Waals surface area contributed by atoms with E-state index in [0.29, 0.717) is 11.3 Å². The van der Waals surface area contributed by atoms with Gasteiger partial charge in [0, 0.05) is 13.1 Å². The minimum atomic E-state index is -0.821. The largest absolute Gasteiger partial charge is 0.343 e. The molecule has 3 rings (SSSR count). The van der Waals surface area contributed by atoms with Gasteiger partial charge in [-0.15, -0.1) is 0 Å². The van der Waals surface area contributed by atoms with Crippen molar-refractivity contribution in [2.24, 2.45) is 0 Å². The molecule has 1 aromatic rings. The van der Waals surface area contributed by atoms with Crippen molar-refractivity contribution in [3.8, 4) is 0 Å². The molecule has 2 aliphatic rings. The molecule has 1 saturated heterocycles. The normalized spacial score (nSPS) is 21.3. The Bertz CT molecular complexity index is 594. The van der Waals surface area contributed by atoms with Crippen molar-refractivity contribution in [1.82, 2.24) is 10.2 Å². The maximum Gasteiger partial charge on any atom is 0.254 e. The zero-order valence-electron chi connectivity index (χ0n) is 11.6. The highest BCUT2D eigenvalue weighted by Crippen LogP contribution is 2.19. The van der Waals surface area contributed by atoms with Gasteiger partial charge >= 0.3 is 0 Å². The Kier molecular flexibility index (Phi) is 3.60. The van der Waals surface area contributed by atoms with Crippen molar-refractivity contribution in [3.63, 3.8) is 0 Å². The highest BCUT2D eigenvalue weighted by Gasteiger charge is 2.31. The monoisotopic (exact) mass is 287 g/mol. The van der Waals surface area contributed by atoms with Crippen LogP contribution in [0.2, 0.25) is 0 Å². The summed E-state index contributed by atoms with van der Waals surface area (Å²) in [6.45, 7) is 1.47. The second kappa shape index (κ2) is 5.55. The van der Waals surface area contributed by atoms with Crippen LogP contribution in [0.4, 0.5) is 5.69 Å². The number of nitrogens with one attached hydrogen (secondary N) is 2. The summed E-state index contributed by atoms with van der Waals surface area (Å²) in [4.78, 5) is 38.2. The van der Waals surface area contributed by atoms with E-state index in [2.05, 4.69) is 10.6 Å². The standard InChI is InChI=1S/C15H17N3O3/c19-13(18-7-3-4-8-18)9-12-15(21)16-11-6-2-1-5-10(11)14(20)17-12/h1-2,5-6,12H,3-4,7-9H2,(H,16,21)(H,17,20)/t12-/m0/s1. The lowest BCUT2D eigenvalue weighted by atomic mass is 10.1. The van der Waals surface area contributed by atoms with Crippen molar-refractivity contribution in [2.75, 3.05) is 18.4 Å². The topological polar surface area (TPSA) is 78.5 Å². The molecule has 2 heterocycles. The average Bonchev–Trinajstić information content (AvgIpc) is 2.97. The Hall–Kier alpha value is -2.37. The maximum atomic E-state index is 12.2. The van der Waals surface area contributed by atoms with Gasteiger partial charge in [-0.3, -0.25) is 14.4 Å². The molecule has 6 heteroatoms. The number of para-hydroxylation sites is 1. The molecule has 6 nitrogen and oxygen atoms in total. The molecular formula is C15H17N3O3. The number of amides is 3. The molecule has 0 aliphatic carbocycles. The van der Waals surface area contributed by atoms with E-state index < -0.39 is 6.04 Å². The average molecular weight is 287 g/mol. The summed E-state index contributed by atoms with van der Waals surface area (Å²) in [5.41, 5.74) is 0.901. The zero-order chi connectivity index (χ0) is 14.8. The van der Waals surface area contributed by atoms with E-state index in [9.17, 15) is 14.4 Å². The Morgan fingerprint density at radius 2 is 1.90 bits per heavy atom. The minimum absolute atomic E-state index is 0.00552. The van der Waals surface area contributed by atoms with E-state index in [1.165, 1.54) is 0 Å². The molecule has 1 fully saturated rings. The van der Waals surface area contributed by atoms with E-state index >= 15 is 0 Å². The summed E-state index contributed by atoms with van der Waals surface area (Å²) in [5, 5.41) is 5.35. The van der Waals surface area contributed by atoms with Gasteiger partial charge < -0.3 is 15.5 Å². The fourth-order valence-electron chi connectivity index (χ4n) is 2.73. The minimum Gasteiger partial charge on any atom is -0.343 e. The number of anilines is 1. The second-order valence-electron chi connectivity index (χ2n) is 5.35. The Labute approximate surface area is 122 Å². The van der Waals surface area contributed by atoms with Gasteiger partial charge in [0.2, 0.25) is 11.8 Å². The highest BCUT2D eigenvalue weighted by molar-refractivity contribution is 6.10. The first-order chi connectivity index (χ1) is 10.1. The van der Waals surface area contributed by atoms with Gasteiger partial charge in [0.15, 0.2) is 0 Å². The van der Waals surface area contributed by atoms with E-state index in [4.69, 9.17) is 0 Å². The van der Waals surface area contributed by atoms with Crippen LogP contribution in [0.15, 0.2) is 24.3 Å². The summed E-state index contributed by atoms with van der Waals surface area (Å²) in [7, 11) is 0. The number of nitrogens with zero attached hydrogens (tertiary/aromatic N) is 1. The number of hydrogen-bond acceptors (Lipinski definition) is 3. The number of likely N-dealkylation sites (tertiary alicyclic amines) is 1. The molecule has 0 spiro atoms. The molecule has 21 heavy (non-hydrogen) atoms. The molecule has 0 radical (unpaired) electrons. The zero-order valence-corrected chi connectivity index (χ0v) is 11.6. The van der Waals surface area contributed by atoms with Crippen molar-refractivity contribution in [2.45, 2.75) is 25.3 Å². The molecular weight excluding hydrogens is 270 g/mol. The fraction of sp³-hybridized carbons (Fsp3) is 0.400. The number of carbonyl (C=O) groups is 3. The molecule has 1 aromatic carbocycles. The second-order valence-corrected chi connectivity index (χ2v) is 5.35. The van der Waals surface area contributed by atoms with E-state index in [1.807, 2.05) is 0 Å². The summed E-state index contributed by atoms with van der Waals surface area (Å²) >= 11 is 0. The van der Waals surface area contributed by atoms with Crippen LogP contribution < -0.4 is 10.6 Å². The van der Waals surface area contributed by atoms with Gasteiger partial charge in [-0.05, 0) is 25.0 Å². The molecule has 3 amide bonds.